The molecule has 1 aliphatic rings. The van der Waals surface area contributed by atoms with Crippen molar-refractivity contribution in [2.75, 3.05) is 13.2 Å². The van der Waals surface area contributed by atoms with Gasteiger partial charge >= 0.3 is 0 Å². The van der Waals surface area contributed by atoms with E-state index in [0.29, 0.717) is 19.0 Å². The van der Waals surface area contributed by atoms with E-state index in [0.717, 1.165) is 49.0 Å². The number of ether oxygens (including phenoxy) is 2. The van der Waals surface area contributed by atoms with Crippen molar-refractivity contribution >= 4 is 21.7 Å². The summed E-state index contributed by atoms with van der Waals surface area (Å²) in [7, 11) is 0. The van der Waals surface area contributed by atoms with Gasteiger partial charge in [0.1, 0.15) is 0 Å². The molecule has 3 nitrogen and oxygen atoms in total. The fourth-order valence-corrected chi connectivity index (χ4v) is 2.93. The first kappa shape index (κ1) is 16.3. The van der Waals surface area contributed by atoms with Crippen molar-refractivity contribution < 1.29 is 14.3 Å². The van der Waals surface area contributed by atoms with Gasteiger partial charge in [-0.1, -0.05) is 42.6 Å². The molecule has 0 radical (unpaired) electrons. The lowest BCUT2D eigenvalue weighted by Crippen LogP contribution is -2.07. The average Bonchev–Trinajstić information content (AvgIpc) is 2.74. The Hall–Kier alpha value is -1.03. The van der Waals surface area contributed by atoms with Crippen LogP contribution < -0.4 is 9.47 Å². The molecule has 4 heteroatoms. The summed E-state index contributed by atoms with van der Waals surface area (Å²) < 4.78 is 11.7. The molecule has 1 aliphatic carbocycles. The fraction of sp³-hybridized carbons (Fsp3) is 0.588. The van der Waals surface area contributed by atoms with Gasteiger partial charge in [0.05, 0.1) is 18.0 Å². The molecule has 1 unspecified atom stereocenters. The second kappa shape index (κ2) is 7.83. The standard InChI is InChI=1S/C17H23BrO3/c1-3-5-7-20-15-10-12-9-14(18)17(19)13(12)11-16(15)21-8-6-4-2/h10-11,14H,3-9H2,1-2H3. The molecular weight excluding hydrogens is 332 g/mol. The zero-order valence-corrected chi connectivity index (χ0v) is 14.4. The minimum atomic E-state index is -0.109. The largest absolute Gasteiger partial charge is 0.490 e. The van der Waals surface area contributed by atoms with E-state index in [2.05, 4.69) is 29.8 Å². The third-order valence-electron chi connectivity index (χ3n) is 3.63. The first-order valence-electron chi connectivity index (χ1n) is 7.78. The summed E-state index contributed by atoms with van der Waals surface area (Å²) in [5.41, 5.74) is 1.82. The summed E-state index contributed by atoms with van der Waals surface area (Å²) in [6.07, 6.45) is 4.93. The van der Waals surface area contributed by atoms with Crippen LogP contribution in [0.25, 0.3) is 0 Å². The van der Waals surface area contributed by atoms with Gasteiger partial charge in [0.15, 0.2) is 17.3 Å². The van der Waals surface area contributed by atoms with Gasteiger partial charge in [-0.05, 0) is 37.0 Å². The molecule has 0 N–H and O–H groups in total. The Balaban J connectivity index is 2.20. The van der Waals surface area contributed by atoms with Crippen molar-refractivity contribution in [3.05, 3.63) is 23.3 Å². The van der Waals surface area contributed by atoms with E-state index in [-0.39, 0.29) is 10.6 Å². The van der Waals surface area contributed by atoms with Gasteiger partial charge in [0, 0.05) is 5.56 Å². The smallest absolute Gasteiger partial charge is 0.177 e. The summed E-state index contributed by atoms with van der Waals surface area (Å²) in [5.74, 6) is 1.62. The highest BCUT2D eigenvalue weighted by atomic mass is 79.9. The number of benzene rings is 1. The number of hydrogen-bond donors (Lipinski definition) is 0. The summed E-state index contributed by atoms with van der Waals surface area (Å²) in [6, 6.07) is 3.83. The highest BCUT2D eigenvalue weighted by Gasteiger charge is 2.30. The maximum atomic E-state index is 12.1. The van der Waals surface area contributed by atoms with Gasteiger partial charge in [-0.15, -0.1) is 0 Å². The van der Waals surface area contributed by atoms with Crippen LogP contribution in [0, 0.1) is 0 Å². The van der Waals surface area contributed by atoms with E-state index in [9.17, 15) is 4.79 Å². The Bertz CT molecular complexity index is 499. The Kier molecular flexibility index (Phi) is 6.09. The van der Waals surface area contributed by atoms with Gasteiger partial charge in [-0.3, -0.25) is 4.79 Å². The molecule has 116 valence electrons. The first-order chi connectivity index (χ1) is 10.2. The lowest BCUT2D eigenvalue weighted by molar-refractivity contribution is 0.100. The molecule has 0 amide bonds. The summed E-state index contributed by atoms with van der Waals surface area (Å²) in [4.78, 5) is 12.0. The highest BCUT2D eigenvalue weighted by molar-refractivity contribution is 9.10. The molecule has 2 rings (SSSR count). The molecule has 0 heterocycles. The van der Waals surface area contributed by atoms with E-state index in [1.165, 1.54) is 0 Å². The number of halogens is 1. The number of Topliss-reactive ketones (excluding diaryl/α,β-unsaturated/α-hetero) is 1. The zero-order chi connectivity index (χ0) is 15.2. The van der Waals surface area contributed by atoms with E-state index >= 15 is 0 Å². The van der Waals surface area contributed by atoms with Crippen LogP contribution in [0.1, 0.15) is 55.5 Å². The Morgan fingerprint density at radius 2 is 1.67 bits per heavy atom. The molecular formula is C17H23BrO3. The quantitative estimate of drug-likeness (QED) is 0.507. The number of hydrogen-bond acceptors (Lipinski definition) is 3. The molecule has 0 aliphatic heterocycles. The van der Waals surface area contributed by atoms with E-state index < -0.39 is 0 Å². The average molecular weight is 355 g/mol. The number of carbonyl (C=O) groups excluding carboxylic acids is 1. The van der Waals surface area contributed by atoms with Gasteiger partial charge in [-0.2, -0.15) is 0 Å². The van der Waals surface area contributed by atoms with Crippen LogP contribution in [0.15, 0.2) is 12.1 Å². The van der Waals surface area contributed by atoms with Crippen molar-refractivity contribution in [2.24, 2.45) is 0 Å². The molecule has 1 aromatic rings. The van der Waals surface area contributed by atoms with E-state index in [1.807, 2.05) is 12.1 Å². The number of fused-ring (bicyclic) bond motifs is 1. The second-order valence-corrected chi connectivity index (χ2v) is 6.50. The lowest BCUT2D eigenvalue weighted by Gasteiger charge is -2.14. The number of rotatable bonds is 8. The van der Waals surface area contributed by atoms with Crippen LogP contribution in [-0.2, 0) is 6.42 Å². The molecule has 21 heavy (non-hydrogen) atoms. The molecule has 0 saturated carbocycles. The van der Waals surface area contributed by atoms with Crippen molar-refractivity contribution in [1.29, 1.82) is 0 Å². The highest BCUT2D eigenvalue weighted by Crippen LogP contribution is 2.37. The maximum Gasteiger partial charge on any atom is 0.177 e. The minimum absolute atomic E-state index is 0.109. The van der Waals surface area contributed by atoms with Gasteiger partial charge in [-0.25, -0.2) is 0 Å². The number of alkyl halides is 1. The van der Waals surface area contributed by atoms with Crippen molar-refractivity contribution in [1.82, 2.24) is 0 Å². The first-order valence-corrected chi connectivity index (χ1v) is 8.69. The van der Waals surface area contributed by atoms with Gasteiger partial charge < -0.3 is 9.47 Å². The van der Waals surface area contributed by atoms with E-state index in [4.69, 9.17) is 9.47 Å². The number of ketones is 1. The summed E-state index contributed by atoms with van der Waals surface area (Å²) >= 11 is 3.43. The van der Waals surface area contributed by atoms with Crippen LogP contribution >= 0.6 is 15.9 Å². The zero-order valence-electron chi connectivity index (χ0n) is 12.8. The molecule has 1 atom stereocenters. The predicted molar refractivity (Wildman–Crippen MR) is 88.0 cm³/mol. The minimum Gasteiger partial charge on any atom is -0.490 e. The van der Waals surface area contributed by atoms with Crippen LogP contribution in [0.4, 0.5) is 0 Å². The molecule has 0 bridgehead atoms. The Morgan fingerprint density at radius 3 is 2.24 bits per heavy atom. The Labute approximate surface area is 135 Å². The molecule has 0 aromatic heterocycles. The Morgan fingerprint density at radius 1 is 1.10 bits per heavy atom. The van der Waals surface area contributed by atoms with Crippen LogP contribution in [-0.4, -0.2) is 23.8 Å². The summed E-state index contributed by atoms with van der Waals surface area (Å²) in [5, 5.41) is 0. The normalized spacial score (nSPS) is 16.9. The fourth-order valence-electron chi connectivity index (χ4n) is 2.33. The van der Waals surface area contributed by atoms with Crippen LogP contribution in [0.3, 0.4) is 0 Å². The topological polar surface area (TPSA) is 35.5 Å². The van der Waals surface area contributed by atoms with Gasteiger partial charge in [0.2, 0.25) is 0 Å². The van der Waals surface area contributed by atoms with Crippen molar-refractivity contribution in [2.45, 2.75) is 50.8 Å². The van der Waals surface area contributed by atoms with Crippen molar-refractivity contribution in [3.8, 4) is 11.5 Å². The number of carbonyl (C=O) groups is 1. The maximum absolute atomic E-state index is 12.1. The summed E-state index contributed by atoms with van der Waals surface area (Å²) in [6.45, 7) is 5.61. The SMILES string of the molecule is CCCCOc1cc2c(cc1OCCCC)C(=O)C(Br)C2. The molecule has 0 fully saturated rings. The molecule has 0 spiro atoms. The lowest BCUT2D eigenvalue weighted by atomic mass is 10.1. The predicted octanol–water partition coefficient (Wildman–Crippen LogP) is 4.55. The van der Waals surface area contributed by atoms with E-state index in [1.54, 1.807) is 0 Å². The van der Waals surface area contributed by atoms with Crippen LogP contribution in [0.2, 0.25) is 0 Å². The third kappa shape index (κ3) is 4.00. The van der Waals surface area contributed by atoms with Gasteiger partial charge in [0.25, 0.3) is 0 Å². The number of unbranched alkanes of at least 4 members (excludes halogenated alkanes) is 2. The van der Waals surface area contributed by atoms with Crippen LogP contribution in [0.5, 0.6) is 11.5 Å². The van der Waals surface area contributed by atoms with Crippen molar-refractivity contribution in [3.63, 3.8) is 0 Å². The second-order valence-electron chi connectivity index (χ2n) is 5.40. The third-order valence-corrected chi connectivity index (χ3v) is 4.37. The molecule has 0 saturated heterocycles. The molecule has 1 aromatic carbocycles. The monoisotopic (exact) mass is 354 g/mol.